The largest absolute Gasteiger partial charge is 0.497 e. The molecule has 0 aliphatic rings. The molecule has 0 aromatic heterocycles. The standard InChI is InChI=1S/C33H34N2O6/c1-38-27-14-9-23(10-15-27)19-31(36)34-33(35-32(37)20-24-11-16-28(39-2)17-12-24)26-13-18-29(40-3)30(21-26)41-22-25-7-5-4-6-8-25/h4-18,21,33H,19-20,22H2,1-3H3,(H,34,36)(H,35,37). The minimum absolute atomic E-state index is 0.127. The molecule has 0 aliphatic heterocycles. The van der Waals surface area contributed by atoms with Gasteiger partial charge in [0.15, 0.2) is 11.5 Å². The number of hydrogen-bond donors (Lipinski definition) is 2. The number of carbonyl (C=O) groups excluding carboxylic acids is 2. The highest BCUT2D eigenvalue weighted by Gasteiger charge is 2.20. The molecule has 2 amide bonds. The molecule has 8 heteroatoms. The monoisotopic (exact) mass is 554 g/mol. The fourth-order valence-corrected chi connectivity index (χ4v) is 4.21. The molecular formula is C33H34N2O6. The van der Waals surface area contributed by atoms with Crippen molar-refractivity contribution in [2.45, 2.75) is 25.6 Å². The van der Waals surface area contributed by atoms with E-state index in [1.807, 2.05) is 54.6 Å². The second-order valence-corrected chi connectivity index (χ2v) is 9.30. The molecule has 0 radical (unpaired) electrons. The maximum absolute atomic E-state index is 13.1. The van der Waals surface area contributed by atoms with Gasteiger partial charge in [-0.1, -0.05) is 60.7 Å². The number of benzene rings is 4. The molecular weight excluding hydrogens is 520 g/mol. The van der Waals surface area contributed by atoms with E-state index in [0.29, 0.717) is 35.2 Å². The molecule has 0 bridgehead atoms. The van der Waals surface area contributed by atoms with Gasteiger partial charge in [-0.05, 0) is 58.7 Å². The third-order valence-corrected chi connectivity index (χ3v) is 6.42. The summed E-state index contributed by atoms with van der Waals surface area (Å²) in [4.78, 5) is 26.2. The topological polar surface area (TPSA) is 95.1 Å². The van der Waals surface area contributed by atoms with Gasteiger partial charge in [0, 0.05) is 0 Å². The van der Waals surface area contributed by atoms with E-state index in [-0.39, 0.29) is 24.7 Å². The van der Waals surface area contributed by atoms with Crippen molar-refractivity contribution in [3.8, 4) is 23.0 Å². The summed E-state index contributed by atoms with van der Waals surface area (Å²) < 4.78 is 22.0. The Hall–Kier alpha value is -4.98. The second kappa shape index (κ2) is 14.4. The summed E-state index contributed by atoms with van der Waals surface area (Å²) in [7, 11) is 4.75. The predicted octanol–water partition coefficient (Wildman–Crippen LogP) is 5.01. The van der Waals surface area contributed by atoms with Crippen LogP contribution in [0, 0.1) is 0 Å². The van der Waals surface area contributed by atoms with Crippen molar-refractivity contribution in [1.29, 1.82) is 0 Å². The van der Waals surface area contributed by atoms with Crippen LogP contribution in [0.5, 0.6) is 23.0 Å². The molecule has 0 atom stereocenters. The molecule has 41 heavy (non-hydrogen) atoms. The van der Waals surface area contributed by atoms with E-state index in [1.165, 1.54) is 0 Å². The Labute approximate surface area is 240 Å². The van der Waals surface area contributed by atoms with Crippen LogP contribution in [0.4, 0.5) is 0 Å². The first kappa shape index (κ1) is 29.0. The lowest BCUT2D eigenvalue weighted by molar-refractivity contribution is -0.123. The quantitative estimate of drug-likeness (QED) is 0.226. The van der Waals surface area contributed by atoms with E-state index in [2.05, 4.69) is 10.6 Å². The molecule has 0 saturated carbocycles. The summed E-state index contributed by atoms with van der Waals surface area (Å²) in [5, 5.41) is 5.93. The third kappa shape index (κ3) is 8.50. The molecule has 0 aliphatic carbocycles. The molecule has 0 saturated heterocycles. The molecule has 4 aromatic rings. The highest BCUT2D eigenvalue weighted by molar-refractivity contribution is 5.82. The zero-order valence-corrected chi connectivity index (χ0v) is 23.4. The van der Waals surface area contributed by atoms with Crippen LogP contribution < -0.4 is 29.6 Å². The first-order chi connectivity index (χ1) is 20.0. The van der Waals surface area contributed by atoms with Gasteiger partial charge in [0.1, 0.15) is 24.3 Å². The van der Waals surface area contributed by atoms with E-state index < -0.39 is 6.17 Å². The Kier molecular flexibility index (Phi) is 10.2. The number of methoxy groups -OCH3 is 3. The van der Waals surface area contributed by atoms with Crippen LogP contribution in [0.1, 0.15) is 28.4 Å². The SMILES string of the molecule is COc1ccc(CC(=O)NC(NC(=O)Cc2ccc(OC)cc2)c2ccc(OC)c(OCc3ccccc3)c2)cc1. The van der Waals surface area contributed by atoms with Crippen molar-refractivity contribution in [2.75, 3.05) is 21.3 Å². The Bertz CT molecular complexity index is 1360. The fraction of sp³-hybridized carbons (Fsp3) is 0.212. The zero-order chi connectivity index (χ0) is 29.0. The predicted molar refractivity (Wildman–Crippen MR) is 156 cm³/mol. The van der Waals surface area contributed by atoms with Crippen LogP contribution >= 0.6 is 0 Å². The lowest BCUT2D eigenvalue weighted by Gasteiger charge is -2.22. The van der Waals surface area contributed by atoms with E-state index in [4.69, 9.17) is 18.9 Å². The lowest BCUT2D eigenvalue weighted by Crippen LogP contribution is -2.42. The van der Waals surface area contributed by atoms with Crippen molar-refractivity contribution in [1.82, 2.24) is 10.6 Å². The van der Waals surface area contributed by atoms with Crippen LogP contribution in [0.25, 0.3) is 0 Å². The van der Waals surface area contributed by atoms with Gasteiger partial charge in [-0.15, -0.1) is 0 Å². The van der Waals surface area contributed by atoms with Crippen molar-refractivity contribution in [3.05, 3.63) is 119 Å². The maximum Gasteiger partial charge on any atom is 0.226 e. The van der Waals surface area contributed by atoms with E-state index in [0.717, 1.165) is 16.7 Å². The number of ether oxygens (including phenoxy) is 4. The van der Waals surface area contributed by atoms with Crippen LogP contribution in [0.3, 0.4) is 0 Å². The van der Waals surface area contributed by atoms with Crippen LogP contribution in [-0.4, -0.2) is 33.1 Å². The summed E-state index contributed by atoms with van der Waals surface area (Å²) in [6.07, 6.45) is -0.554. The molecule has 2 N–H and O–H groups in total. The first-order valence-corrected chi connectivity index (χ1v) is 13.2. The lowest BCUT2D eigenvalue weighted by atomic mass is 10.1. The van der Waals surface area contributed by atoms with Crippen LogP contribution in [0.15, 0.2) is 97.1 Å². The van der Waals surface area contributed by atoms with E-state index in [9.17, 15) is 9.59 Å². The van der Waals surface area contributed by atoms with E-state index in [1.54, 1.807) is 63.8 Å². The number of carbonyl (C=O) groups is 2. The minimum Gasteiger partial charge on any atom is -0.497 e. The molecule has 0 heterocycles. The van der Waals surface area contributed by atoms with Gasteiger partial charge in [0.05, 0.1) is 34.2 Å². The minimum atomic E-state index is -0.809. The summed E-state index contributed by atoms with van der Waals surface area (Å²) in [5.74, 6) is 1.93. The van der Waals surface area contributed by atoms with Gasteiger partial charge < -0.3 is 29.6 Å². The third-order valence-electron chi connectivity index (χ3n) is 6.42. The van der Waals surface area contributed by atoms with Crippen molar-refractivity contribution in [2.24, 2.45) is 0 Å². The summed E-state index contributed by atoms with van der Waals surface area (Å²) in [5.41, 5.74) is 3.26. The Morgan fingerprint density at radius 3 is 1.63 bits per heavy atom. The number of amides is 2. The number of rotatable bonds is 13. The van der Waals surface area contributed by atoms with Gasteiger partial charge in [-0.25, -0.2) is 0 Å². The smallest absolute Gasteiger partial charge is 0.226 e. The van der Waals surface area contributed by atoms with E-state index >= 15 is 0 Å². The van der Waals surface area contributed by atoms with Crippen molar-refractivity contribution < 1.29 is 28.5 Å². The summed E-state index contributed by atoms with van der Waals surface area (Å²) in [6.45, 7) is 0.332. The molecule has 0 unspecified atom stereocenters. The van der Waals surface area contributed by atoms with Crippen LogP contribution in [0.2, 0.25) is 0 Å². The van der Waals surface area contributed by atoms with Gasteiger partial charge >= 0.3 is 0 Å². The Morgan fingerprint density at radius 2 is 1.15 bits per heavy atom. The fourth-order valence-electron chi connectivity index (χ4n) is 4.21. The second-order valence-electron chi connectivity index (χ2n) is 9.30. The number of nitrogens with one attached hydrogen (secondary N) is 2. The molecule has 0 fully saturated rings. The van der Waals surface area contributed by atoms with Gasteiger partial charge in [0.25, 0.3) is 0 Å². The Morgan fingerprint density at radius 1 is 0.610 bits per heavy atom. The summed E-state index contributed by atoms with van der Waals surface area (Å²) >= 11 is 0. The highest BCUT2D eigenvalue weighted by atomic mass is 16.5. The number of hydrogen-bond acceptors (Lipinski definition) is 6. The molecule has 0 spiro atoms. The molecule has 212 valence electrons. The molecule has 4 aromatic carbocycles. The van der Waals surface area contributed by atoms with Gasteiger partial charge in [-0.3, -0.25) is 9.59 Å². The Balaban J connectivity index is 1.54. The first-order valence-electron chi connectivity index (χ1n) is 13.2. The normalized spacial score (nSPS) is 10.5. The molecule has 4 rings (SSSR count). The van der Waals surface area contributed by atoms with Gasteiger partial charge in [0.2, 0.25) is 11.8 Å². The zero-order valence-electron chi connectivity index (χ0n) is 23.4. The van der Waals surface area contributed by atoms with Crippen molar-refractivity contribution in [3.63, 3.8) is 0 Å². The van der Waals surface area contributed by atoms with Gasteiger partial charge in [-0.2, -0.15) is 0 Å². The molecule has 8 nitrogen and oxygen atoms in total. The average Bonchev–Trinajstić information content (AvgIpc) is 3.00. The average molecular weight is 555 g/mol. The van der Waals surface area contributed by atoms with Crippen LogP contribution in [-0.2, 0) is 29.0 Å². The highest BCUT2D eigenvalue weighted by Crippen LogP contribution is 2.31. The maximum atomic E-state index is 13.1. The summed E-state index contributed by atoms with van der Waals surface area (Å²) in [6, 6.07) is 29.6. The van der Waals surface area contributed by atoms with Crippen molar-refractivity contribution >= 4 is 11.8 Å².